The van der Waals surface area contributed by atoms with Gasteiger partial charge in [0.15, 0.2) is 5.78 Å². The Morgan fingerprint density at radius 2 is 1.21 bits per heavy atom. The molecule has 0 amide bonds. The summed E-state index contributed by atoms with van der Waals surface area (Å²) < 4.78 is 11.3. The van der Waals surface area contributed by atoms with Crippen LogP contribution in [0.3, 0.4) is 0 Å². The summed E-state index contributed by atoms with van der Waals surface area (Å²) in [4.78, 5) is 25.1. The van der Waals surface area contributed by atoms with E-state index in [1.54, 1.807) is 36.4 Å². The van der Waals surface area contributed by atoms with Gasteiger partial charge in [0, 0.05) is 11.5 Å². The van der Waals surface area contributed by atoms with Crippen LogP contribution < -0.4 is 9.47 Å². The van der Waals surface area contributed by atoms with Gasteiger partial charge in [0.1, 0.15) is 11.5 Å². The summed E-state index contributed by atoms with van der Waals surface area (Å²) in [5, 5.41) is 0. The van der Waals surface area contributed by atoms with Crippen LogP contribution in [0.2, 0.25) is 0 Å². The average Bonchev–Trinajstić information content (AvgIpc) is 2.86. The van der Waals surface area contributed by atoms with E-state index in [0.29, 0.717) is 23.5 Å². The van der Waals surface area contributed by atoms with Crippen LogP contribution in [0.5, 0.6) is 11.5 Å². The SMILES string of the molecule is CCCCCCCCOc1ccc(OC(=O)c2ccc(C(=O)C(C)CCCCCC)cc2)cc1. The molecule has 0 saturated carbocycles. The van der Waals surface area contributed by atoms with Crippen molar-refractivity contribution in [3.63, 3.8) is 0 Å². The van der Waals surface area contributed by atoms with Crippen LogP contribution in [0.1, 0.15) is 112 Å². The van der Waals surface area contributed by atoms with Gasteiger partial charge < -0.3 is 9.47 Å². The molecular weight excluding hydrogens is 424 g/mol. The second-order valence-electron chi connectivity index (χ2n) is 9.17. The Labute approximate surface area is 206 Å². The lowest BCUT2D eigenvalue weighted by molar-refractivity contribution is 0.0733. The van der Waals surface area contributed by atoms with Gasteiger partial charge in [-0.2, -0.15) is 0 Å². The number of unbranched alkanes of at least 4 members (excludes halogenated alkanes) is 8. The monoisotopic (exact) mass is 466 g/mol. The van der Waals surface area contributed by atoms with Crippen LogP contribution in [0, 0.1) is 5.92 Å². The molecule has 34 heavy (non-hydrogen) atoms. The third kappa shape index (κ3) is 10.1. The molecule has 0 fully saturated rings. The quantitative estimate of drug-likeness (QED) is 0.102. The molecule has 0 spiro atoms. The van der Waals surface area contributed by atoms with E-state index in [9.17, 15) is 9.59 Å². The molecule has 0 aromatic heterocycles. The number of benzene rings is 2. The van der Waals surface area contributed by atoms with E-state index >= 15 is 0 Å². The van der Waals surface area contributed by atoms with E-state index in [4.69, 9.17) is 9.47 Å². The van der Waals surface area contributed by atoms with Crippen molar-refractivity contribution in [3.05, 3.63) is 59.7 Å². The highest BCUT2D eigenvalue weighted by molar-refractivity contribution is 5.99. The fraction of sp³-hybridized carbons (Fsp3) is 0.533. The zero-order valence-corrected chi connectivity index (χ0v) is 21.3. The van der Waals surface area contributed by atoms with Crippen LogP contribution in [0.25, 0.3) is 0 Å². The Morgan fingerprint density at radius 3 is 1.85 bits per heavy atom. The van der Waals surface area contributed by atoms with E-state index in [0.717, 1.165) is 25.0 Å². The molecule has 2 aromatic rings. The molecule has 0 aliphatic rings. The Kier molecular flexibility index (Phi) is 13.1. The molecule has 0 N–H and O–H groups in total. The molecule has 0 bridgehead atoms. The van der Waals surface area contributed by atoms with Crippen molar-refractivity contribution < 1.29 is 19.1 Å². The van der Waals surface area contributed by atoms with E-state index in [1.807, 2.05) is 19.1 Å². The Balaban J connectivity index is 1.77. The summed E-state index contributed by atoms with van der Waals surface area (Å²) in [5.74, 6) is 0.939. The first-order chi connectivity index (χ1) is 16.5. The molecule has 4 nitrogen and oxygen atoms in total. The highest BCUT2D eigenvalue weighted by atomic mass is 16.5. The van der Waals surface area contributed by atoms with Gasteiger partial charge >= 0.3 is 5.97 Å². The Morgan fingerprint density at radius 1 is 0.676 bits per heavy atom. The molecule has 0 aliphatic heterocycles. The summed E-state index contributed by atoms with van der Waals surface area (Å²) >= 11 is 0. The molecule has 2 rings (SSSR count). The maximum absolute atomic E-state index is 12.6. The number of carbonyl (C=O) groups is 2. The van der Waals surface area contributed by atoms with Crippen molar-refractivity contribution in [3.8, 4) is 11.5 Å². The molecule has 0 heterocycles. The molecular formula is C30H42O4. The largest absolute Gasteiger partial charge is 0.494 e. The number of rotatable bonds is 17. The number of esters is 1. The van der Waals surface area contributed by atoms with Crippen molar-refractivity contribution in [1.29, 1.82) is 0 Å². The summed E-state index contributed by atoms with van der Waals surface area (Å²) in [6.07, 6.45) is 12.9. The minimum absolute atomic E-state index is 0.00329. The third-order valence-corrected chi connectivity index (χ3v) is 6.14. The minimum atomic E-state index is -0.438. The van der Waals surface area contributed by atoms with Crippen LogP contribution >= 0.6 is 0 Å². The Bertz CT molecular complexity index is 839. The second kappa shape index (κ2) is 16.1. The van der Waals surface area contributed by atoms with Crippen molar-refractivity contribution in [1.82, 2.24) is 0 Å². The number of carbonyl (C=O) groups excluding carboxylic acids is 2. The minimum Gasteiger partial charge on any atom is -0.494 e. The van der Waals surface area contributed by atoms with Crippen LogP contribution in [0.15, 0.2) is 48.5 Å². The van der Waals surface area contributed by atoms with E-state index in [-0.39, 0.29) is 11.7 Å². The first-order valence-electron chi connectivity index (χ1n) is 13.1. The molecule has 2 aromatic carbocycles. The van der Waals surface area contributed by atoms with Crippen LogP contribution in [-0.4, -0.2) is 18.4 Å². The number of Topliss-reactive ketones (excluding diaryl/α,β-unsaturated/α-hetero) is 1. The maximum atomic E-state index is 12.6. The van der Waals surface area contributed by atoms with E-state index < -0.39 is 5.97 Å². The smallest absolute Gasteiger partial charge is 0.343 e. The number of hydrogen-bond donors (Lipinski definition) is 0. The van der Waals surface area contributed by atoms with Crippen molar-refractivity contribution >= 4 is 11.8 Å². The molecule has 0 saturated heterocycles. The zero-order valence-electron chi connectivity index (χ0n) is 21.3. The van der Waals surface area contributed by atoms with Crippen molar-refractivity contribution in [2.45, 2.75) is 91.4 Å². The molecule has 0 radical (unpaired) electrons. The predicted octanol–water partition coefficient (Wildman–Crippen LogP) is 8.43. The van der Waals surface area contributed by atoms with Gasteiger partial charge in [0.2, 0.25) is 0 Å². The van der Waals surface area contributed by atoms with Gasteiger partial charge in [-0.15, -0.1) is 0 Å². The fourth-order valence-corrected chi connectivity index (χ4v) is 3.91. The lowest BCUT2D eigenvalue weighted by atomic mass is 9.93. The molecule has 0 aliphatic carbocycles. The molecule has 1 atom stereocenters. The zero-order chi connectivity index (χ0) is 24.6. The summed E-state index contributed by atoms with van der Waals surface area (Å²) in [6, 6.07) is 13.9. The third-order valence-electron chi connectivity index (χ3n) is 6.14. The second-order valence-corrected chi connectivity index (χ2v) is 9.17. The highest BCUT2D eigenvalue weighted by Crippen LogP contribution is 2.20. The maximum Gasteiger partial charge on any atom is 0.343 e. The van der Waals surface area contributed by atoms with Crippen molar-refractivity contribution in [2.24, 2.45) is 5.92 Å². The summed E-state index contributed by atoms with van der Waals surface area (Å²) in [6.45, 7) is 7.09. The van der Waals surface area contributed by atoms with Gasteiger partial charge in [0.05, 0.1) is 12.2 Å². The Hall–Kier alpha value is -2.62. The van der Waals surface area contributed by atoms with Crippen molar-refractivity contribution in [2.75, 3.05) is 6.61 Å². The first kappa shape index (κ1) is 27.6. The standard InChI is InChI=1S/C30H42O4/c1-4-6-8-10-11-13-23-33-27-19-21-28(22-20-27)34-30(32)26-17-15-25(16-18-26)29(31)24(3)14-12-9-7-5-2/h15-22,24H,4-14,23H2,1-3H3. The lowest BCUT2D eigenvalue weighted by Crippen LogP contribution is -2.13. The van der Waals surface area contributed by atoms with Gasteiger partial charge in [-0.25, -0.2) is 4.79 Å². The highest BCUT2D eigenvalue weighted by Gasteiger charge is 2.16. The van der Waals surface area contributed by atoms with Crippen LogP contribution in [-0.2, 0) is 0 Å². The number of ketones is 1. The van der Waals surface area contributed by atoms with E-state index in [1.165, 1.54) is 51.4 Å². The lowest BCUT2D eigenvalue weighted by Gasteiger charge is -2.11. The summed E-state index contributed by atoms with van der Waals surface area (Å²) in [5.41, 5.74) is 1.07. The van der Waals surface area contributed by atoms with Crippen LogP contribution in [0.4, 0.5) is 0 Å². The van der Waals surface area contributed by atoms with E-state index in [2.05, 4.69) is 13.8 Å². The molecule has 186 valence electrons. The average molecular weight is 467 g/mol. The van der Waals surface area contributed by atoms with Gasteiger partial charge in [-0.05, 0) is 49.2 Å². The van der Waals surface area contributed by atoms with Gasteiger partial charge in [-0.3, -0.25) is 4.79 Å². The number of hydrogen-bond acceptors (Lipinski definition) is 4. The normalized spacial score (nSPS) is 11.7. The predicted molar refractivity (Wildman–Crippen MR) is 139 cm³/mol. The van der Waals surface area contributed by atoms with Gasteiger partial charge in [-0.1, -0.05) is 90.7 Å². The first-order valence-corrected chi connectivity index (χ1v) is 13.1. The topological polar surface area (TPSA) is 52.6 Å². The molecule has 1 unspecified atom stereocenters. The fourth-order valence-electron chi connectivity index (χ4n) is 3.91. The van der Waals surface area contributed by atoms with Gasteiger partial charge in [0.25, 0.3) is 0 Å². The number of ether oxygens (including phenoxy) is 2. The molecule has 4 heteroatoms. The summed E-state index contributed by atoms with van der Waals surface area (Å²) in [7, 11) is 0.